The van der Waals surface area contributed by atoms with Crippen molar-refractivity contribution < 1.29 is 5.21 Å². The van der Waals surface area contributed by atoms with E-state index in [2.05, 4.69) is 43.7 Å². The first-order valence-corrected chi connectivity index (χ1v) is 4.73. The molecule has 0 radical (unpaired) electrons. The first kappa shape index (κ1) is 8.99. The standard InChI is InChI=1S/C7H5BrINO/c8-6-3-5(4-10-11)1-2-7(6)9/h1-4,11H/b10-4-. The lowest BCUT2D eigenvalue weighted by Gasteiger charge is -1.95. The number of rotatable bonds is 1. The molecule has 0 fully saturated rings. The Labute approximate surface area is 86.6 Å². The van der Waals surface area contributed by atoms with E-state index in [4.69, 9.17) is 5.21 Å². The topological polar surface area (TPSA) is 32.6 Å². The van der Waals surface area contributed by atoms with Gasteiger partial charge >= 0.3 is 0 Å². The highest BCUT2D eigenvalue weighted by molar-refractivity contribution is 14.1. The Balaban J connectivity index is 3.05. The molecule has 0 spiro atoms. The Hall–Kier alpha value is -0.100. The van der Waals surface area contributed by atoms with Gasteiger partial charge in [0.25, 0.3) is 0 Å². The monoisotopic (exact) mass is 325 g/mol. The number of hydrogen-bond acceptors (Lipinski definition) is 2. The Morgan fingerprint density at radius 3 is 2.82 bits per heavy atom. The molecule has 0 heterocycles. The van der Waals surface area contributed by atoms with E-state index in [1.807, 2.05) is 18.2 Å². The molecule has 1 rings (SSSR count). The quantitative estimate of drug-likeness (QED) is 0.366. The van der Waals surface area contributed by atoms with Crippen molar-refractivity contribution in [1.29, 1.82) is 0 Å². The van der Waals surface area contributed by atoms with Crippen molar-refractivity contribution in [2.45, 2.75) is 0 Å². The van der Waals surface area contributed by atoms with Crippen LogP contribution < -0.4 is 0 Å². The molecule has 0 amide bonds. The van der Waals surface area contributed by atoms with Crippen molar-refractivity contribution in [3.05, 3.63) is 31.8 Å². The normalized spacial score (nSPS) is 10.7. The van der Waals surface area contributed by atoms with Gasteiger partial charge in [0.2, 0.25) is 0 Å². The summed E-state index contributed by atoms with van der Waals surface area (Å²) in [5.41, 5.74) is 0.875. The van der Waals surface area contributed by atoms with Crippen molar-refractivity contribution in [3.63, 3.8) is 0 Å². The number of hydrogen-bond donors (Lipinski definition) is 1. The summed E-state index contributed by atoms with van der Waals surface area (Å²) in [6, 6.07) is 5.72. The van der Waals surface area contributed by atoms with Gasteiger partial charge in [-0.25, -0.2) is 0 Å². The number of benzene rings is 1. The second-order valence-corrected chi connectivity index (χ2v) is 3.93. The van der Waals surface area contributed by atoms with Crippen molar-refractivity contribution in [1.82, 2.24) is 0 Å². The largest absolute Gasteiger partial charge is 0.411 e. The van der Waals surface area contributed by atoms with E-state index in [0.29, 0.717) is 0 Å². The maximum Gasteiger partial charge on any atom is 0.0734 e. The number of oxime groups is 1. The summed E-state index contributed by atoms with van der Waals surface area (Å²) < 4.78 is 2.15. The van der Waals surface area contributed by atoms with Gasteiger partial charge in [0.15, 0.2) is 0 Å². The minimum Gasteiger partial charge on any atom is -0.411 e. The van der Waals surface area contributed by atoms with Crippen LogP contribution in [0.15, 0.2) is 27.8 Å². The molecule has 1 aromatic rings. The van der Waals surface area contributed by atoms with Gasteiger partial charge in [-0.05, 0) is 56.2 Å². The maximum atomic E-state index is 8.23. The average Bonchev–Trinajstić information content (AvgIpc) is 1.98. The number of nitrogens with zero attached hydrogens (tertiary/aromatic N) is 1. The summed E-state index contributed by atoms with van der Waals surface area (Å²) in [7, 11) is 0. The zero-order valence-corrected chi connectivity index (χ0v) is 9.20. The molecule has 0 saturated heterocycles. The molecule has 58 valence electrons. The highest BCUT2D eigenvalue weighted by Gasteiger charge is 1.95. The molecule has 0 saturated carbocycles. The van der Waals surface area contributed by atoms with Crippen molar-refractivity contribution in [2.75, 3.05) is 0 Å². The van der Waals surface area contributed by atoms with Gasteiger partial charge in [0.1, 0.15) is 0 Å². The van der Waals surface area contributed by atoms with Crippen LogP contribution in [0.1, 0.15) is 5.56 Å². The molecular formula is C7H5BrINO. The summed E-state index contributed by atoms with van der Waals surface area (Å²) >= 11 is 5.58. The molecular weight excluding hydrogens is 321 g/mol. The Bertz CT molecular complexity index is 288. The summed E-state index contributed by atoms with van der Waals surface area (Å²) in [5, 5.41) is 11.2. The minimum absolute atomic E-state index is 0.875. The lowest BCUT2D eigenvalue weighted by atomic mass is 10.2. The van der Waals surface area contributed by atoms with Crippen LogP contribution in [0.25, 0.3) is 0 Å². The van der Waals surface area contributed by atoms with Gasteiger partial charge in [-0.2, -0.15) is 0 Å². The second kappa shape index (κ2) is 4.06. The van der Waals surface area contributed by atoms with E-state index >= 15 is 0 Å². The van der Waals surface area contributed by atoms with E-state index in [0.717, 1.165) is 13.6 Å². The van der Waals surface area contributed by atoms with Crippen LogP contribution in [0.5, 0.6) is 0 Å². The van der Waals surface area contributed by atoms with Crippen LogP contribution in [-0.4, -0.2) is 11.4 Å². The van der Waals surface area contributed by atoms with E-state index < -0.39 is 0 Å². The SMILES string of the molecule is O/N=C\c1ccc(I)c(Br)c1. The molecule has 0 unspecified atom stereocenters. The molecule has 0 aliphatic rings. The molecule has 0 aliphatic heterocycles. The van der Waals surface area contributed by atoms with E-state index in [9.17, 15) is 0 Å². The van der Waals surface area contributed by atoms with Crippen LogP contribution in [0.4, 0.5) is 0 Å². The average molecular weight is 326 g/mol. The highest BCUT2D eigenvalue weighted by atomic mass is 127. The smallest absolute Gasteiger partial charge is 0.0734 e. The predicted octanol–water partition coefficient (Wildman–Crippen LogP) is 2.86. The second-order valence-electron chi connectivity index (χ2n) is 1.92. The molecule has 1 aromatic carbocycles. The fraction of sp³-hybridized carbons (Fsp3) is 0. The molecule has 0 atom stereocenters. The lowest BCUT2D eigenvalue weighted by Crippen LogP contribution is -1.82. The zero-order valence-electron chi connectivity index (χ0n) is 5.46. The molecule has 1 N–H and O–H groups in total. The van der Waals surface area contributed by atoms with Gasteiger partial charge in [0.05, 0.1) is 6.21 Å². The Morgan fingerprint density at radius 2 is 2.27 bits per heavy atom. The van der Waals surface area contributed by atoms with Crippen LogP contribution in [0.3, 0.4) is 0 Å². The van der Waals surface area contributed by atoms with Crippen LogP contribution in [0.2, 0.25) is 0 Å². The molecule has 2 nitrogen and oxygen atoms in total. The molecule has 4 heteroatoms. The zero-order chi connectivity index (χ0) is 8.27. The van der Waals surface area contributed by atoms with E-state index in [-0.39, 0.29) is 0 Å². The summed E-state index contributed by atoms with van der Waals surface area (Å²) in [5.74, 6) is 0. The van der Waals surface area contributed by atoms with Crippen LogP contribution in [-0.2, 0) is 0 Å². The van der Waals surface area contributed by atoms with Gasteiger partial charge in [0, 0.05) is 8.04 Å². The minimum atomic E-state index is 0.875. The van der Waals surface area contributed by atoms with E-state index in [1.165, 1.54) is 6.21 Å². The first-order valence-electron chi connectivity index (χ1n) is 2.86. The van der Waals surface area contributed by atoms with Gasteiger partial charge in [-0.3, -0.25) is 0 Å². The Kier molecular flexibility index (Phi) is 3.32. The fourth-order valence-corrected chi connectivity index (χ4v) is 1.39. The summed E-state index contributed by atoms with van der Waals surface area (Å²) in [4.78, 5) is 0. The molecule has 0 aromatic heterocycles. The highest BCUT2D eigenvalue weighted by Crippen LogP contribution is 2.19. The van der Waals surface area contributed by atoms with Gasteiger partial charge in [-0.1, -0.05) is 11.2 Å². The summed E-state index contributed by atoms with van der Waals surface area (Å²) in [6.45, 7) is 0. The third-order valence-corrected chi connectivity index (χ3v) is 3.49. The molecule has 0 bridgehead atoms. The fourth-order valence-electron chi connectivity index (χ4n) is 0.659. The van der Waals surface area contributed by atoms with Crippen molar-refractivity contribution in [2.24, 2.45) is 5.16 Å². The predicted molar refractivity (Wildman–Crippen MR) is 56.2 cm³/mol. The summed E-state index contributed by atoms with van der Waals surface area (Å²) in [6.07, 6.45) is 1.39. The van der Waals surface area contributed by atoms with Gasteiger partial charge in [-0.15, -0.1) is 0 Å². The number of halogens is 2. The van der Waals surface area contributed by atoms with Crippen LogP contribution in [0, 0.1) is 3.57 Å². The molecule has 0 aliphatic carbocycles. The first-order chi connectivity index (χ1) is 5.24. The van der Waals surface area contributed by atoms with Gasteiger partial charge < -0.3 is 5.21 Å². The third kappa shape index (κ3) is 2.44. The maximum absolute atomic E-state index is 8.23. The van der Waals surface area contributed by atoms with Crippen LogP contribution >= 0.6 is 38.5 Å². The van der Waals surface area contributed by atoms with E-state index in [1.54, 1.807) is 0 Å². The lowest BCUT2D eigenvalue weighted by molar-refractivity contribution is 0.322. The molecule has 11 heavy (non-hydrogen) atoms. The van der Waals surface area contributed by atoms with Crippen molar-refractivity contribution in [3.8, 4) is 0 Å². The third-order valence-electron chi connectivity index (χ3n) is 1.15. The van der Waals surface area contributed by atoms with Crippen molar-refractivity contribution >= 4 is 44.7 Å². The Morgan fingerprint density at radius 1 is 1.55 bits per heavy atom.